The molecule has 2 bridgehead atoms. The van der Waals surface area contributed by atoms with Crippen LogP contribution in [0.4, 0.5) is 0 Å². The summed E-state index contributed by atoms with van der Waals surface area (Å²) in [4.78, 5) is 54.2. The van der Waals surface area contributed by atoms with E-state index in [0.717, 1.165) is 32.4 Å². The highest BCUT2D eigenvalue weighted by Gasteiger charge is 2.54. The van der Waals surface area contributed by atoms with Gasteiger partial charge in [0.1, 0.15) is 11.7 Å². The van der Waals surface area contributed by atoms with Gasteiger partial charge in [0, 0.05) is 57.0 Å². The second kappa shape index (κ2) is 7.81. The first-order valence-corrected chi connectivity index (χ1v) is 12.3. The molecule has 1 aliphatic carbocycles. The Morgan fingerprint density at radius 2 is 1.62 bits per heavy atom. The molecule has 5 fully saturated rings. The molecule has 0 radical (unpaired) electrons. The molecule has 6 rings (SSSR count). The molecule has 1 aromatic heterocycles. The first-order chi connectivity index (χ1) is 15.6. The van der Waals surface area contributed by atoms with Gasteiger partial charge in [0.25, 0.3) is 5.91 Å². The zero-order valence-corrected chi connectivity index (χ0v) is 18.4. The number of carbonyl (C=O) groups is 3. The second-order valence-electron chi connectivity index (χ2n) is 10.5. The van der Waals surface area contributed by atoms with Crippen molar-refractivity contribution in [2.75, 3.05) is 26.2 Å². The Morgan fingerprint density at radius 3 is 2.38 bits per heavy atom. The van der Waals surface area contributed by atoms with Gasteiger partial charge in [-0.05, 0) is 49.9 Å². The Hall–Kier alpha value is -2.51. The number of hydrogen-bond donors (Lipinski definition) is 0. The molecule has 4 aliphatic heterocycles. The van der Waals surface area contributed by atoms with Crippen molar-refractivity contribution in [3.8, 4) is 0 Å². The second-order valence-corrected chi connectivity index (χ2v) is 10.5. The van der Waals surface area contributed by atoms with Crippen molar-refractivity contribution < 1.29 is 14.4 Å². The highest BCUT2D eigenvalue weighted by molar-refractivity contribution is 5.93. The van der Waals surface area contributed by atoms with E-state index in [0.29, 0.717) is 37.0 Å². The monoisotopic (exact) mass is 437 g/mol. The quantitative estimate of drug-likeness (QED) is 0.701. The topological polar surface area (TPSA) is 86.7 Å². The number of likely N-dealkylation sites (tertiary alicyclic amines) is 2. The van der Waals surface area contributed by atoms with Crippen molar-refractivity contribution >= 4 is 17.7 Å². The summed E-state index contributed by atoms with van der Waals surface area (Å²) in [6, 6.07) is -0.374. The van der Waals surface area contributed by atoms with E-state index in [1.807, 2.05) is 14.7 Å². The average Bonchev–Trinajstić information content (AvgIpc) is 3.42. The van der Waals surface area contributed by atoms with Crippen molar-refractivity contribution in [3.05, 3.63) is 24.3 Å². The normalized spacial score (nSPS) is 36.1. The van der Waals surface area contributed by atoms with Gasteiger partial charge < -0.3 is 14.7 Å². The number of nitrogens with zero attached hydrogens (tertiary/aromatic N) is 5. The van der Waals surface area contributed by atoms with E-state index in [1.54, 1.807) is 6.20 Å². The summed E-state index contributed by atoms with van der Waals surface area (Å²) in [5.41, 5.74) is 0.347. The first-order valence-electron chi connectivity index (χ1n) is 12.3. The molecule has 0 unspecified atom stereocenters. The minimum atomic E-state index is -0.430. The van der Waals surface area contributed by atoms with E-state index in [9.17, 15) is 14.4 Å². The maximum absolute atomic E-state index is 13.9. The molecule has 170 valence electrons. The van der Waals surface area contributed by atoms with Crippen LogP contribution in [-0.2, 0) is 9.59 Å². The minimum absolute atomic E-state index is 0.0133. The van der Waals surface area contributed by atoms with E-state index in [4.69, 9.17) is 0 Å². The highest BCUT2D eigenvalue weighted by atomic mass is 16.2. The summed E-state index contributed by atoms with van der Waals surface area (Å²) in [7, 11) is 0. The van der Waals surface area contributed by atoms with Gasteiger partial charge in [-0.2, -0.15) is 0 Å². The highest BCUT2D eigenvalue weighted by Crippen LogP contribution is 2.44. The lowest BCUT2D eigenvalue weighted by molar-refractivity contribution is -0.163. The van der Waals surface area contributed by atoms with Crippen molar-refractivity contribution in [1.29, 1.82) is 0 Å². The van der Waals surface area contributed by atoms with Crippen LogP contribution in [0.15, 0.2) is 18.6 Å². The van der Waals surface area contributed by atoms with Crippen LogP contribution in [-0.4, -0.2) is 80.7 Å². The van der Waals surface area contributed by atoms with Crippen LogP contribution in [0.3, 0.4) is 0 Å². The number of carbonyl (C=O) groups excluding carboxylic acids is 3. The lowest BCUT2D eigenvalue weighted by Gasteiger charge is -2.56. The molecule has 8 heteroatoms. The van der Waals surface area contributed by atoms with E-state index in [-0.39, 0.29) is 35.6 Å². The molecule has 5 aliphatic rings. The van der Waals surface area contributed by atoms with Gasteiger partial charge in [-0.1, -0.05) is 6.42 Å². The van der Waals surface area contributed by atoms with Crippen molar-refractivity contribution in [3.63, 3.8) is 0 Å². The van der Waals surface area contributed by atoms with Gasteiger partial charge >= 0.3 is 0 Å². The summed E-state index contributed by atoms with van der Waals surface area (Å²) in [6.07, 6.45) is 11.6. The minimum Gasteiger partial charge on any atom is -0.340 e. The third-order valence-electron chi connectivity index (χ3n) is 8.70. The summed E-state index contributed by atoms with van der Waals surface area (Å²) in [5, 5.41) is 0. The van der Waals surface area contributed by atoms with Crippen LogP contribution in [0, 0.1) is 23.7 Å². The number of fused-ring (bicyclic) bond motifs is 5. The smallest absolute Gasteiger partial charge is 0.274 e. The molecular weight excluding hydrogens is 406 g/mol. The molecule has 0 aromatic carbocycles. The fourth-order valence-corrected chi connectivity index (χ4v) is 7.31. The van der Waals surface area contributed by atoms with E-state index in [1.165, 1.54) is 31.7 Å². The third-order valence-corrected chi connectivity index (χ3v) is 8.70. The molecule has 0 N–H and O–H groups in total. The van der Waals surface area contributed by atoms with Gasteiger partial charge in [0.15, 0.2) is 0 Å². The van der Waals surface area contributed by atoms with Crippen molar-refractivity contribution in [1.82, 2.24) is 24.7 Å². The Labute approximate surface area is 188 Å². The van der Waals surface area contributed by atoms with Crippen molar-refractivity contribution in [2.45, 2.75) is 57.0 Å². The van der Waals surface area contributed by atoms with Gasteiger partial charge in [0.2, 0.25) is 11.8 Å². The van der Waals surface area contributed by atoms with Crippen LogP contribution < -0.4 is 0 Å². The summed E-state index contributed by atoms with van der Waals surface area (Å²) in [5.74, 6) is 1.60. The molecule has 0 spiro atoms. The third kappa shape index (κ3) is 3.21. The zero-order valence-electron chi connectivity index (χ0n) is 18.4. The van der Waals surface area contributed by atoms with E-state index < -0.39 is 6.04 Å². The van der Waals surface area contributed by atoms with Crippen LogP contribution in [0.25, 0.3) is 0 Å². The predicted molar refractivity (Wildman–Crippen MR) is 115 cm³/mol. The van der Waals surface area contributed by atoms with Crippen LogP contribution in [0.1, 0.15) is 55.4 Å². The first kappa shape index (κ1) is 20.1. The van der Waals surface area contributed by atoms with Crippen molar-refractivity contribution in [2.24, 2.45) is 23.7 Å². The lowest BCUT2D eigenvalue weighted by atomic mass is 9.71. The summed E-state index contributed by atoms with van der Waals surface area (Å²) < 4.78 is 0. The Kier molecular flexibility index (Phi) is 4.91. The maximum atomic E-state index is 13.9. The molecule has 1 saturated carbocycles. The predicted octanol–water partition coefficient (Wildman–Crippen LogP) is 1.58. The standard InChI is InChI=1S/C24H31N5O3/c30-21-6-2-5-20-17-9-18(14-27(13-17)23(31)19-10-25-7-8-26-19)22(29(20)21)24(32)28-11-15-3-1-4-16(15)12-28/h7-8,10,15-18,20,22H,1-6,9,11-14H2/t15-,16+,17-,18+,20+,22-/m1/s1. The van der Waals surface area contributed by atoms with Gasteiger partial charge in [0.05, 0.1) is 6.20 Å². The average molecular weight is 438 g/mol. The molecule has 32 heavy (non-hydrogen) atoms. The Bertz CT molecular complexity index is 911. The SMILES string of the molecule is O=C(c1cnccn1)N1C[C@H]2C[C@@H](C1)[C@H](C(=O)N1C[C@H]3CCC[C@H]3C1)N1C(=O)CCC[C@@H]21. The zero-order chi connectivity index (χ0) is 21.8. The molecule has 6 atom stereocenters. The largest absolute Gasteiger partial charge is 0.340 e. The maximum Gasteiger partial charge on any atom is 0.274 e. The molecule has 3 amide bonds. The molecule has 5 heterocycles. The number of piperidine rings is 3. The molecular formula is C24H31N5O3. The number of hydrogen-bond acceptors (Lipinski definition) is 5. The summed E-state index contributed by atoms with van der Waals surface area (Å²) in [6.45, 7) is 2.80. The Balaban J connectivity index is 1.29. The molecule has 8 nitrogen and oxygen atoms in total. The van der Waals surface area contributed by atoms with Crippen LogP contribution >= 0.6 is 0 Å². The molecule has 4 saturated heterocycles. The fourth-order valence-electron chi connectivity index (χ4n) is 7.31. The van der Waals surface area contributed by atoms with Gasteiger partial charge in [-0.3, -0.25) is 19.4 Å². The number of aromatic nitrogens is 2. The van der Waals surface area contributed by atoms with Crippen LogP contribution in [0.5, 0.6) is 0 Å². The fraction of sp³-hybridized carbons (Fsp3) is 0.708. The molecule has 1 aromatic rings. The summed E-state index contributed by atoms with van der Waals surface area (Å²) >= 11 is 0. The number of amides is 3. The number of rotatable bonds is 2. The van der Waals surface area contributed by atoms with E-state index in [2.05, 4.69) is 9.97 Å². The lowest BCUT2D eigenvalue weighted by Crippen LogP contribution is -2.68. The van der Waals surface area contributed by atoms with Crippen LogP contribution in [0.2, 0.25) is 0 Å². The van der Waals surface area contributed by atoms with Gasteiger partial charge in [-0.25, -0.2) is 4.98 Å². The van der Waals surface area contributed by atoms with Gasteiger partial charge in [-0.15, -0.1) is 0 Å². The van der Waals surface area contributed by atoms with E-state index >= 15 is 0 Å². The Morgan fingerprint density at radius 1 is 0.875 bits per heavy atom.